The number of nitrogens with one attached hydrogen (secondary N) is 1. The van der Waals surface area contributed by atoms with Gasteiger partial charge in [0.15, 0.2) is 11.5 Å². The van der Waals surface area contributed by atoms with E-state index in [-0.39, 0.29) is 9.92 Å². The summed E-state index contributed by atoms with van der Waals surface area (Å²) in [5, 5.41) is 0.211. The van der Waals surface area contributed by atoms with Crippen LogP contribution in [0.25, 0.3) is 12.2 Å². The van der Waals surface area contributed by atoms with Crippen molar-refractivity contribution in [2.45, 2.75) is 4.90 Å². The van der Waals surface area contributed by atoms with Gasteiger partial charge in [-0.15, -0.1) is 0 Å². The van der Waals surface area contributed by atoms with Gasteiger partial charge in [0.1, 0.15) is 5.75 Å². The van der Waals surface area contributed by atoms with Crippen molar-refractivity contribution in [1.29, 1.82) is 0 Å². The number of sulfonamides is 1. The first-order valence-corrected chi connectivity index (χ1v) is 11.6. The van der Waals surface area contributed by atoms with Crippen LogP contribution in [0.15, 0.2) is 59.5 Å². The Kier molecular flexibility index (Phi) is 7.73. The molecule has 0 aliphatic rings. The van der Waals surface area contributed by atoms with Crippen molar-refractivity contribution in [1.82, 2.24) is 0 Å². The lowest BCUT2D eigenvalue weighted by molar-refractivity contribution is 0.324. The minimum atomic E-state index is -3.83. The van der Waals surface area contributed by atoms with Gasteiger partial charge in [0.25, 0.3) is 10.0 Å². The fraction of sp³-hybridized carbons (Fsp3) is 0.167. The summed E-state index contributed by atoms with van der Waals surface area (Å²) >= 11 is 6.07. The van der Waals surface area contributed by atoms with Crippen LogP contribution in [0.5, 0.6) is 23.0 Å². The Morgan fingerprint density at radius 1 is 0.758 bits per heavy atom. The first-order chi connectivity index (χ1) is 15.8. The number of rotatable bonds is 9. The van der Waals surface area contributed by atoms with E-state index in [1.807, 2.05) is 30.4 Å². The van der Waals surface area contributed by atoms with Gasteiger partial charge in [-0.25, -0.2) is 8.42 Å². The zero-order valence-electron chi connectivity index (χ0n) is 18.6. The zero-order chi connectivity index (χ0) is 24.0. The lowest BCUT2D eigenvalue weighted by Crippen LogP contribution is -2.13. The summed E-state index contributed by atoms with van der Waals surface area (Å²) in [6, 6.07) is 14.9. The Hall–Kier alpha value is -3.36. The highest BCUT2D eigenvalue weighted by atomic mass is 35.5. The van der Waals surface area contributed by atoms with E-state index in [1.54, 1.807) is 39.5 Å². The summed E-state index contributed by atoms with van der Waals surface area (Å²) in [4.78, 5) is 0.0340. The molecule has 0 aliphatic carbocycles. The van der Waals surface area contributed by atoms with E-state index in [2.05, 4.69) is 4.72 Å². The first kappa shape index (κ1) is 24.3. The van der Waals surface area contributed by atoms with Gasteiger partial charge in [-0.3, -0.25) is 4.72 Å². The quantitative estimate of drug-likeness (QED) is 0.408. The number of methoxy groups -OCH3 is 4. The van der Waals surface area contributed by atoms with E-state index < -0.39 is 10.0 Å². The minimum Gasteiger partial charge on any atom is -0.495 e. The molecule has 3 aromatic rings. The Labute approximate surface area is 198 Å². The van der Waals surface area contributed by atoms with Gasteiger partial charge >= 0.3 is 0 Å². The molecule has 0 amide bonds. The second-order valence-corrected chi connectivity index (χ2v) is 8.91. The molecule has 0 unspecified atom stereocenters. The molecule has 9 heteroatoms. The van der Waals surface area contributed by atoms with Crippen molar-refractivity contribution in [2.24, 2.45) is 0 Å². The third-order valence-electron chi connectivity index (χ3n) is 4.73. The molecule has 3 rings (SSSR count). The molecular formula is C24H24ClNO6S. The molecule has 0 aliphatic heterocycles. The van der Waals surface area contributed by atoms with E-state index in [0.29, 0.717) is 28.7 Å². The van der Waals surface area contributed by atoms with Crippen molar-refractivity contribution >= 4 is 39.5 Å². The third kappa shape index (κ3) is 5.71. The fourth-order valence-corrected chi connectivity index (χ4v) is 4.52. The third-order valence-corrected chi connectivity index (χ3v) is 6.40. The molecular weight excluding hydrogens is 466 g/mol. The highest BCUT2D eigenvalue weighted by Crippen LogP contribution is 2.38. The second-order valence-electron chi connectivity index (χ2n) is 6.82. The predicted molar refractivity (Wildman–Crippen MR) is 130 cm³/mol. The highest BCUT2D eigenvalue weighted by Gasteiger charge is 2.16. The molecule has 0 bridgehead atoms. The van der Waals surface area contributed by atoms with E-state index in [0.717, 1.165) is 11.1 Å². The molecule has 0 radical (unpaired) electrons. The van der Waals surface area contributed by atoms with Gasteiger partial charge in [0.05, 0.1) is 38.4 Å². The van der Waals surface area contributed by atoms with Crippen LogP contribution < -0.4 is 23.7 Å². The van der Waals surface area contributed by atoms with Gasteiger partial charge in [-0.1, -0.05) is 35.9 Å². The van der Waals surface area contributed by atoms with Crippen LogP contribution in [0.4, 0.5) is 5.69 Å². The molecule has 3 aromatic carbocycles. The molecule has 0 atom stereocenters. The molecule has 0 aromatic heterocycles. The Morgan fingerprint density at radius 3 is 1.97 bits per heavy atom. The second kappa shape index (κ2) is 10.5. The maximum atomic E-state index is 12.8. The van der Waals surface area contributed by atoms with E-state index in [1.165, 1.54) is 25.3 Å². The summed E-state index contributed by atoms with van der Waals surface area (Å²) in [6.07, 6.45) is 3.71. The van der Waals surface area contributed by atoms with Crippen molar-refractivity contribution in [3.63, 3.8) is 0 Å². The molecule has 7 nitrogen and oxygen atoms in total. The van der Waals surface area contributed by atoms with Gasteiger partial charge < -0.3 is 18.9 Å². The van der Waals surface area contributed by atoms with E-state index >= 15 is 0 Å². The van der Waals surface area contributed by atoms with Crippen LogP contribution in [0, 0.1) is 0 Å². The predicted octanol–water partition coefficient (Wildman–Crippen LogP) is 5.35. The summed E-state index contributed by atoms with van der Waals surface area (Å²) < 4.78 is 49.3. The van der Waals surface area contributed by atoms with Crippen molar-refractivity contribution in [2.75, 3.05) is 33.2 Å². The van der Waals surface area contributed by atoms with Gasteiger partial charge in [-0.05, 0) is 53.6 Å². The molecule has 0 spiro atoms. The van der Waals surface area contributed by atoms with Gasteiger partial charge in [-0.2, -0.15) is 0 Å². The average Bonchev–Trinajstić information content (AvgIpc) is 2.81. The maximum absolute atomic E-state index is 12.8. The van der Waals surface area contributed by atoms with E-state index in [9.17, 15) is 8.42 Å². The van der Waals surface area contributed by atoms with Gasteiger partial charge in [0, 0.05) is 5.69 Å². The summed E-state index contributed by atoms with van der Waals surface area (Å²) in [6.45, 7) is 0. The Bertz CT molecular complexity index is 1250. The number of hydrogen-bond donors (Lipinski definition) is 1. The minimum absolute atomic E-state index is 0.0340. The molecule has 0 saturated heterocycles. The van der Waals surface area contributed by atoms with Crippen LogP contribution in [-0.2, 0) is 10.0 Å². The molecule has 174 valence electrons. The number of anilines is 1. The standard InChI is InChI=1S/C24H24ClNO6S/c1-29-21-11-10-19(15-20(21)25)33(27,28)26-18-7-5-6-16(12-18)8-9-17-13-22(30-2)24(32-4)23(14-17)31-3/h5-15,26H,1-4H3/b9-8-. The molecule has 0 saturated carbocycles. The summed E-state index contributed by atoms with van der Waals surface area (Å²) in [5.74, 6) is 1.98. The van der Waals surface area contributed by atoms with Gasteiger partial charge in [0.2, 0.25) is 5.75 Å². The normalized spacial score (nSPS) is 11.3. The largest absolute Gasteiger partial charge is 0.495 e. The molecule has 0 fully saturated rings. The van der Waals surface area contributed by atoms with Crippen molar-refractivity contribution in [3.8, 4) is 23.0 Å². The maximum Gasteiger partial charge on any atom is 0.261 e. The van der Waals surface area contributed by atoms with Crippen LogP contribution in [0.3, 0.4) is 0 Å². The Balaban J connectivity index is 1.84. The number of ether oxygens (including phenoxy) is 4. The highest BCUT2D eigenvalue weighted by molar-refractivity contribution is 7.92. The van der Waals surface area contributed by atoms with Crippen molar-refractivity contribution < 1.29 is 27.4 Å². The SMILES string of the molecule is COc1ccc(S(=O)(=O)Nc2cccc(/C=C\c3cc(OC)c(OC)c(OC)c3)c2)cc1Cl. The summed E-state index contributed by atoms with van der Waals surface area (Å²) in [7, 11) is 2.28. The van der Waals surface area contributed by atoms with Crippen LogP contribution >= 0.6 is 11.6 Å². The number of hydrogen-bond acceptors (Lipinski definition) is 6. The summed E-state index contributed by atoms with van der Waals surface area (Å²) in [5.41, 5.74) is 2.02. The average molecular weight is 490 g/mol. The zero-order valence-corrected chi connectivity index (χ0v) is 20.2. The van der Waals surface area contributed by atoms with Crippen LogP contribution in [0.2, 0.25) is 5.02 Å². The van der Waals surface area contributed by atoms with Crippen molar-refractivity contribution in [3.05, 3.63) is 70.7 Å². The topological polar surface area (TPSA) is 83.1 Å². The molecule has 0 heterocycles. The van der Waals surface area contributed by atoms with E-state index in [4.69, 9.17) is 30.5 Å². The fourth-order valence-electron chi connectivity index (χ4n) is 3.12. The smallest absolute Gasteiger partial charge is 0.261 e. The van der Waals surface area contributed by atoms with Crippen LogP contribution in [-0.4, -0.2) is 36.9 Å². The Morgan fingerprint density at radius 2 is 1.39 bits per heavy atom. The first-order valence-electron chi connectivity index (χ1n) is 9.75. The number of halogens is 1. The van der Waals surface area contributed by atoms with Crippen LogP contribution in [0.1, 0.15) is 11.1 Å². The lowest BCUT2D eigenvalue weighted by atomic mass is 10.1. The monoisotopic (exact) mass is 489 g/mol. The molecule has 33 heavy (non-hydrogen) atoms. The number of benzene rings is 3. The molecule has 1 N–H and O–H groups in total. The lowest BCUT2D eigenvalue weighted by Gasteiger charge is -2.13.